The lowest BCUT2D eigenvalue weighted by atomic mass is 9.94. The zero-order valence-corrected chi connectivity index (χ0v) is 23.0. The normalized spacial score (nSPS) is 14.5. The minimum absolute atomic E-state index is 0.0192. The molecule has 3 N–H and O–H groups in total. The van der Waals surface area contributed by atoms with Crippen LogP contribution in [-0.2, 0) is 23.1 Å². The number of amides is 1. The Kier molecular flexibility index (Phi) is 10.4. The molecule has 3 aromatic rings. The predicted molar refractivity (Wildman–Crippen MR) is 136 cm³/mol. The van der Waals surface area contributed by atoms with Crippen LogP contribution in [0.2, 0.25) is 0 Å². The molecule has 0 fully saturated rings. The number of pyridine rings is 1. The van der Waals surface area contributed by atoms with E-state index in [2.05, 4.69) is 31.1 Å². The zero-order valence-electron chi connectivity index (χ0n) is 21.4. The Morgan fingerprint density at radius 1 is 1.10 bits per heavy atom. The van der Waals surface area contributed by atoms with Crippen LogP contribution in [0.5, 0.6) is 0 Å². The van der Waals surface area contributed by atoms with Gasteiger partial charge in [-0.1, -0.05) is 43.2 Å². The lowest BCUT2D eigenvalue weighted by Crippen LogP contribution is -2.45. The molecule has 0 saturated carbocycles. The van der Waals surface area contributed by atoms with Crippen molar-refractivity contribution in [2.45, 2.75) is 69.7 Å². The molecule has 2 heterocycles. The second-order valence-corrected chi connectivity index (χ2v) is 9.86. The van der Waals surface area contributed by atoms with E-state index in [-0.39, 0.29) is 6.42 Å². The summed E-state index contributed by atoms with van der Waals surface area (Å²) >= 11 is 2.65. The van der Waals surface area contributed by atoms with Crippen LogP contribution in [0.1, 0.15) is 56.0 Å². The molecule has 1 aromatic carbocycles. The van der Waals surface area contributed by atoms with Crippen LogP contribution >= 0.6 is 15.9 Å². The summed E-state index contributed by atoms with van der Waals surface area (Å²) < 4.78 is 94.5. The van der Waals surface area contributed by atoms with E-state index in [1.54, 1.807) is 42.6 Å². The molecule has 3 rings (SSSR count). The number of aliphatic hydroxyl groups is 1. The fraction of sp³-hybridized carbons (Fsp3) is 0.440. The number of hydrogen-bond donors (Lipinski definition) is 3. The number of rotatable bonds is 12. The largest absolute Gasteiger partial charge is 0.465 e. The van der Waals surface area contributed by atoms with Crippen LogP contribution in [0.3, 0.4) is 0 Å². The van der Waals surface area contributed by atoms with Gasteiger partial charge in [0.25, 0.3) is 11.8 Å². The molecule has 0 spiro atoms. The lowest BCUT2D eigenvalue weighted by Gasteiger charge is -2.32. The van der Waals surface area contributed by atoms with E-state index < -0.39 is 76.5 Å². The van der Waals surface area contributed by atoms with Crippen molar-refractivity contribution in [3.8, 4) is 11.6 Å². The van der Waals surface area contributed by atoms with Gasteiger partial charge in [0.05, 0.1) is 24.0 Å². The second kappa shape index (κ2) is 13.2. The molecule has 9 nitrogen and oxygen atoms in total. The highest BCUT2D eigenvalue weighted by atomic mass is 79.9. The summed E-state index contributed by atoms with van der Waals surface area (Å²) in [4.78, 5) is 14.9. The van der Waals surface area contributed by atoms with Crippen LogP contribution in [0.25, 0.3) is 11.6 Å². The number of carbonyl (C=O) groups is 1. The van der Waals surface area contributed by atoms with Gasteiger partial charge in [0.2, 0.25) is 5.60 Å². The van der Waals surface area contributed by atoms with E-state index in [9.17, 15) is 36.2 Å². The van der Waals surface area contributed by atoms with Gasteiger partial charge in [0, 0.05) is 0 Å². The summed E-state index contributed by atoms with van der Waals surface area (Å²) in [7, 11) is 0. The van der Waals surface area contributed by atoms with Gasteiger partial charge in [0.15, 0.2) is 5.69 Å². The molecule has 1 amide bonds. The summed E-state index contributed by atoms with van der Waals surface area (Å²) in [6.45, 7) is 1.06. The van der Waals surface area contributed by atoms with E-state index in [0.29, 0.717) is 30.9 Å². The molecule has 16 heteroatoms. The summed E-state index contributed by atoms with van der Waals surface area (Å²) in [5.41, 5.74) is -5.44. The van der Waals surface area contributed by atoms with Gasteiger partial charge >= 0.3 is 18.4 Å². The minimum Gasteiger partial charge on any atom is -0.465 e. The third-order valence-electron chi connectivity index (χ3n) is 5.93. The van der Waals surface area contributed by atoms with Crippen molar-refractivity contribution in [1.82, 2.24) is 15.2 Å². The molecule has 0 bridgehead atoms. The molecule has 0 aliphatic heterocycles. The first-order valence-corrected chi connectivity index (χ1v) is 13.0. The fourth-order valence-corrected chi connectivity index (χ4v) is 4.42. The average molecular weight is 655 g/mol. The number of aromatic nitrogens is 3. The molecule has 0 radical (unpaired) electrons. The SMILES string of the molecule is CC(O)CCCCC[C@@](OCc1ccccc1)(c1nnc(-c2nc(Br)c(C(F)(F)F)cc2NC(=O)O)o1)C(F)(F)F. The maximum Gasteiger partial charge on any atom is 0.426 e. The highest BCUT2D eigenvalue weighted by Crippen LogP contribution is 2.47. The van der Waals surface area contributed by atoms with Crippen molar-refractivity contribution in [3.63, 3.8) is 0 Å². The molecule has 2 atom stereocenters. The van der Waals surface area contributed by atoms with Crippen molar-refractivity contribution < 1.29 is 50.5 Å². The summed E-state index contributed by atoms with van der Waals surface area (Å²) in [6.07, 6.45) is -12.0. The van der Waals surface area contributed by atoms with Crippen LogP contribution in [-0.4, -0.2) is 43.8 Å². The first-order valence-electron chi connectivity index (χ1n) is 12.2. The van der Waals surface area contributed by atoms with E-state index in [0.717, 1.165) is 0 Å². The van der Waals surface area contributed by atoms with Crippen LogP contribution < -0.4 is 5.32 Å². The van der Waals surface area contributed by atoms with Crippen LogP contribution in [0.15, 0.2) is 45.4 Å². The highest BCUT2D eigenvalue weighted by Gasteiger charge is 2.61. The molecule has 2 aromatic heterocycles. The predicted octanol–water partition coefficient (Wildman–Crippen LogP) is 7.31. The number of benzene rings is 1. The van der Waals surface area contributed by atoms with E-state index in [4.69, 9.17) is 14.3 Å². The molecule has 1 unspecified atom stereocenters. The number of halogens is 7. The monoisotopic (exact) mass is 654 g/mol. The van der Waals surface area contributed by atoms with E-state index in [1.807, 2.05) is 0 Å². The maximum absolute atomic E-state index is 14.8. The first kappa shape index (κ1) is 32.3. The van der Waals surface area contributed by atoms with Gasteiger partial charge in [-0.05, 0) is 53.7 Å². The number of nitrogens with zero attached hydrogens (tertiary/aromatic N) is 3. The molecular weight excluding hydrogens is 630 g/mol. The number of unbranched alkanes of at least 4 members (excludes halogenated alkanes) is 2. The van der Waals surface area contributed by atoms with Gasteiger partial charge in [-0.25, -0.2) is 9.78 Å². The first-order chi connectivity index (χ1) is 19.1. The van der Waals surface area contributed by atoms with E-state index in [1.165, 1.54) is 0 Å². The molecule has 0 saturated heterocycles. The topological polar surface area (TPSA) is 131 Å². The highest BCUT2D eigenvalue weighted by molar-refractivity contribution is 9.10. The zero-order chi connectivity index (χ0) is 30.4. The average Bonchev–Trinajstić information content (AvgIpc) is 3.35. The van der Waals surface area contributed by atoms with Crippen LogP contribution in [0, 0.1) is 0 Å². The van der Waals surface area contributed by atoms with Gasteiger partial charge in [0.1, 0.15) is 4.60 Å². The Morgan fingerprint density at radius 2 is 1.78 bits per heavy atom. The number of carboxylic acid groups (broad SMARTS) is 1. The third-order valence-corrected chi connectivity index (χ3v) is 6.54. The van der Waals surface area contributed by atoms with Crippen molar-refractivity contribution in [2.24, 2.45) is 0 Å². The Morgan fingerprint density at radius 3 is 2.37 bits per heavy atom. The quantitative estimate of drug-likeness (QED) is 0.105. The standard InChI is InChI=1S/C25H25BrF6N4O5/c1-14(37)8-4-3-7-11-23(25(30,31)32,40-13-15-9-5-2-6-10-15)21-36-35-20(41-21)18-17(33-22(38)39)12-16(19(26)34-18)24(27,28)29/h2,5-6,9-10,12,14,33,37H,3-4,7-8,11,13H2,1H3,(H,38,39)/t14?,23-/m1/s1. The molecular formula is C25H25BrF6N4O5. The smallest absolute Gasteiger partial charge is 0.426 e. The van der Waals surface area contributed by atoms with Gasteiger partial charge < -0.3 is 19.4 Å². The van der Waals surface area contributed by atoms with Crippen molar-refractivity contribution >= 4 is 27.7 Å². The van der Waals surface area contributed by atoms with Crippen molar-refractivity contribution in [3.05, 3.63) is 58.0 Å². The number of nitrogens with one attached hydrogen (secondary N) is 1. The summed E-state index contributed by atoms with van der Waals surface area (Å²) in [5.74, 6) is -1.81. The molecule has 224 valence electrons. The Hall–Kier alpha value is -3.24. The third kappa shape index (κ3) is 8.16. The Labute approximate surface area is 238 Å². The lowest BCUT2D eigenvalue weighted by molar-refractivity contribution is -0.300. The molecule has 0 aliphatic rings. The van der Waals surface area contributed by atoms with Crippen LogP contribution in [0.4, 0.5) is 36.8 Å². The summed E-state index contributed by atoms with van der Waals surface area (Å²) in [6, 6.07) is 8.40. The fourth-order valence-electron chi connectivity index (χ4n) is 3.90. The van der Waals surface area contributed by atoms with Gasteiger partial charge in [-0.2, -0.15) is 26.3 Å². The number of hydrogen-bond acceptors (Lipinski definition) is 7. The summed E-state index contributed by atoms with van der Waals surface area (Å²) in [5, 5.41) is 27.4. The van der Waals surface area contributed by atoms with Gasteiger partial charge in [-0.3, -0.25) is 5.32 Å². The second-order valence-electron chi connectivity index (χ2n) is 9.11. The number of anilines is 1. The number of ether oxygens (including phenoxy) is 1. The maximum atomic E-state index is 14.8. The van der Waals surface area contributed by atoms with Crippen molar-refractivity contribution in [1.29, 1.82) is 0 Å². The minimum atomic E-state index is -5.09. The van der Waals surface area contributed by atoms with Crippen molar-refractivity contribution in [2.75, 3.05) is 5.32 Å². The van der Waals surface area contributed by atoms with Gasteiger partial charge in [-0.15, -0.1) is 10.2 Å². The van der Waals surface area contributed by atoms with E-state index >= 15 is 0 Å². The number of alkyl halides is 6. The molecule has 41 heavy (non-hydrogen) atoms. The molecule has 0 aliphatic carbocycles. The number of aliphatic hydroxyl groups excluding tert-OH is 1. The Bertz CT molecular complexity index is 1320. The Balaban J connectivity index is 2.07.